The number of likely N-dealkylation sites (tertiary alicyclic amines) is 1. The van der Waals surface area contributed by atoms with E-state index in [4.69, 9.17) is 16.3 Å². The second-order valence-electron chi connectivity index (χ2n) is 8.51. The Hall–Kier alpha value is -3.65. The van der Waals surface area contributed by atoms with E-state index in [1.165, 1.54) is 14.0 Å². The van der Waals surface area contributed by atoms with E-state index in [1.54, 1.807) is 17.0 Å². The fourth-order valence-electron chi connectivity index (χ4n) is 4.48. The number of amides is 2. The van der Waals surface area contributed by atoms with Crippen molar-refractivity contribution in [3.05, 3.63) is 69.0 Å². The smallest absolute Gasteiger partial charge is 0.354 e. The maximum absolute atomic E-state index is 13.5. The molecule has 9 heteroatoms. The van der Waals surface area contributed by atoms with Crippen LogP contribution >= 0.6 is 11.6 Å². The van der Waals surface area contributed by atoms with Crippen molar-refractivity contribution in [1.29, 1.82) is 0 Å². The first kappa shape index (κ1) is 24.5. The quantitative estimate of drug-likeness (QED) is 0.526. The Balaban J connectivity index is 1.69. The number of hydrogen-bond donors (Lipinski definition) is 2. The minimum Gasteiger partial charge on any atom is -0.464 e. The Morgan fingerprint density at radius 1 is 1.11 bits per heavy atom. The number of benzene rings is 2. The Labute approximate surface area is 207 Å². The molecular formula is C26H26ClN3O5. The van der Waals surface area contributed by atoms with Crippen LogP contribution in [0, 0.1) is 5.92 Å². The molecule has 0 atom stereocenters. The van der Waals surface area contributed by atoms with Crippen LogP contribution in [0.15, 0.2) is 47.3 Å². The van der Waals surface area contributed by atoms with Crippen LogP contribution in [0.3, 0.4) is 0 Å². The second kappa shape index (κ2) is 10.3. The number of esters is 1. The highest BCUT2D eigenvalue weighted by molar-refractivity contribution is 6.35. The first-order chi connectivity index (χ1) is 16.8. The number of piperidine rings is 1. The number of H-pyrrole nitrogens is 1. The number of aromatic amines is 1. The van der Waals surface area contributed by atoms with Gasteiger partial charge in [0.15, 0.2) is 5.43 Å². The monoisotopic (exact) mass is 495 g/mol. The lowest BCUT2D eigenvalue weighted by Gasteiger charge is -2.30. The molecule has 4 rings (SSSR count). The summed E-state index contributed by atoms with van der Waals surface area (Å²) in [5, 5.41) is 3.57. The molecule has 8 nitrogen and oxygen atoms in total. The molecule has 2 heterocycles. The van der Waals surface area contributed by atoms with E-state index in [9.17, 15) is 19.2 Å². The first-order valence-electron chi connectivity index (χ1n) is 11.4. The molecule has 0 bridgehead atoms. The molecule has 182 valence electrons. The van der Waals surface area contributed by atoms with Gasteiger partial charge in [-0.05, 0) is 30.5 Å². The number of carbonyl (C=O) groups is 3. The first-order valence-corrected chi connectivity index (χ1v) is 11.7. The zero-order valence-corrected chi connectivity index (χ0v) is 20.3. The Kier molecular flexibility index (Phi) is 7.21. The number of fused-ring (bicyclic) bond motifs is 1. The summed E-state index contributed by atoms with van der Waals surface area (Å²) in [7, 11) is 1.23. The number of carbonyl (C=O) groups excluding carboxylic acids is 3. The molecule has 1 saturated heterocycles. The average Bonchev–Trinajstić information content (AvgIpc) is 2.87. The minimum absolute atomic E-state index is 0.00995. The summed E-state index contributed by atoms with van der Waals surface area (Å²) in [4.78, 5) is 55.2. The second-order valence-corrected chi connectivity index (χ2v) is 8.92. The molecule has 0 radical (unpaired) electrons. The van der Waals surface area contributed by atoms with Crippen molar-refractivity contribution in [3.8, 4) is 11.1 Å². The summed E-state index contributed by atoms with van der Waals surface area (Å²) in [6.07, 6.45) is 1.09. The molecule has 2 N–H and O–H groups in total. The lowest BCUT2D eigenvalue weighted by Crippen LogP contribution is -2.42. The lowest BCUT2D eigenvalue weighted by molar-refractivity contribution is -0.134. The Morgan fingerprint density at radius 3 is 2.43 bits per heavy atom. The third kappa shape index (κ3) is 4.93. The Morgan fingerprint density at radius 2 is 1.80 bits per heavy atom. The Bertz CT molecular complexity index is 1340. The van der Waals surface area contributed by atoms with Gasteiger partial charge in [0.05, 0.1) is 23.2 Å². The van der Waals surface area contributed by atoms with Gasteiger partial charge in [0.1, 0.15) is 5.69 Å². The summed E-state index contributed by atoms with van der Waals surface area (Å²) >= 11 is 6.49. The fourth-order valence-corrected chi connectivity index (χ4v) is 4.75. The number of nitrogens with zero attached hydrogens (tertiary/aromatic N) is 1. The topological polar surface area (TPSA) is 109 Å². The van der Waals surface area contributed by atoms with Gasteiger partial charge in [0.25, 0.3) is 0 Å². The molecule has 2 aromatic carbocycles. The number of aromatic nitrogens is 1. The highest BCUT2D eigenvalue weighted by atomic mass is 35.5. The van der Waals surface area contributed by atoms with Crippen LogP contribution in [0.5, 0.6) is 0 Å². The number of rotatable bonds is 5. The van der Waals surface area contributed by atoms with E-state index in [2.05, 4.69) is 10.3 Å². The van der Waals surface area contributed by atoms with E-state index >= 15 is 0 Å². The molecule has 0 aliphatic carbocycles. The maximum atomic E-state index is 13.5. The number of methoxy groups -OCH3 is 1. The van der Waals surface area contributed by atoms with Gasteiger partial charge < -0.3 is 19.9 Å². The van der Waals surface area contributed by atoms with Crippen LogP contribution in [0.4, 0.5) is 0 Å². The van der Waals surface area contributed by atoms with Crippen molar-refractivity contribution in [2.75, 3.05) is 20.2 Å². The fraction of sp³-hybridized carbons (Fsp3) is 0.308. The van der Waals surface area contributed by atoms with Crippen molar-refractivity contribution in [3.63, 3.8) is 0 Å². The highest BCUT2D eigenvalue weighted by Crippen LogP contribution is 2.33. The zero-order chi connectivity index (χ0) is 25.1. The van der Waals surface area contributed by atoms with Crippen LogP contribution in [0.2, 0.25) is 5.02 Å². The van der Waals surface area contributed by atoms with Crippen molar-refractivity contribution in [1.82, 2.24) is 15.2 Å². The van der Waals surface area contributed by atoms with Crippen LogP contribution < -0.4 is 10.7 Å². The van der Waals surface area contributed by atoms with Gasteiger partial charge in [0, 0.05) is 43.4 Å². The summed E-state index contributed by atoms with van der Waals surface area (Å²) in [5.74, 6) is -1.22. The van der Waals surface area contributed by atoms with Gasteiger partial charge in [-0.2, -0.15) is 0 Å². The van der Waals surface area contributed by atoms with E-state index in [1.807, 2.05) is 30.3 Å². The third-order valence-corrected chi connectivity index (χ3v) is 6.74. The molecule has 0 spiro atoms. The standard InChI is InChI=1S/C26H26ClN3O5/c1-15(31)30-12-10-17(11-13-30)25(33)28-14-19-23(26(34)35-2)29-22-18(24(19)32)8-9-20(27)21(22)16-6-4-3-5-7-16/h3-9,17H,10-14H2,1-2H3,(H,28,33)(H,29,32). The summed E-state index contributed by atoms with van der Waals surface area (Å²) in [6.45, 7) is 2.41. The average molecular weight is 496 g/mol. The summed E-state index contributed by atoms with van der Waals surface area (Å²) < 4.78 is 4.92. The van der Waals surface area contributed by atoms with Gasteiger partial charge in [-0.15, -0.1) is 0 Å². The largest absolute Gasteiger partial charge is 0.464 e. The van der Waals surface area contributed by atoms with Gasteiger partial charge in [-0.1, -0.05) is 41.9 Å². The predicted octanol–water partition coefficient (Wildman–Crippen LogP) is 3.51. The molecular weight excluding hydrogens is 470 g/mol. The van der Waals surface area contributed by atoms with Crippen LogP contribution in [0.25, 0.3) is 22.0 Å². The number of halogens is 1. The SMILES string of the molecule is COC(=O)c1[nH]c2c(-c3ccccc3)c(Cl)ccc2c(=O)c1CNC(=O)C1CCN(C(C)=O)CC1. The van der Waals surface area contributed by atoms with E-state index in [-0.39, 0.29) is 41.0 Å². The number of pyridine rings is 1. The van der Waals surface area contributed by atoms with E-state index in [0.717, 1.165) is 5.56 Å². The molecule has 1 aliphatic heterocycles. The van der Waals surface area contributed by atoms with Crippen LogP contribution in [-0.2, 0) is 20.9 Å². The molecule has 1 fully saturated rings. The molecule has 35 heavy (non-hydrogen) atoms. The van der Waals surface area contributed by atoms with Gasteiger partial charge in [0.2, 0.25) is 11.8 Å². The predicted molar refractivity (Wildman–Crippen MR) is 133 cm³/mol. The number of ether oxygens (including phenoxy) is 1. The number of nitrogens with one attached hydrogen (secondary N) is 2. The zero-order valence-electron chi connectivity index (χ0n) is 19.5. The molecule has 3 aromatic rings. The maximum Gasteiger partial charge on any atom is 0.354 e. The van der Waals surface area contributed by atoms with Gasteiger partial charge in [-0.25, -0.2) is 4.79 Å². The summed E-state index contributed by atoms with van der Waals surface area (Å²) in [5.41, 5.74) is 1.49. The molecule has 1 aliphatic rings. The molecule has 0 saturated carbocycles. The molecule has 0 unspecified atom stereocenters. The highest BCUT2D eigenvalue weighted by Gasteiger charge is 2.27. The van der Waals surface area contributed by atoms with Crippen LogP contribution in [-0.4, -0.2) is 47.9 Å². The summed E-state index contributed by atoms with van der Waals surface area (Å²) in [6, 6.07) is 12.6. The van der Waals surface area contributed by atoms with Crippen LogP contribution in [0.1, 0.15) is 35.8 Å². The normalized spacial score (nSPS) is 14.1. The van der Waals surface area contributed by atoms with Crippen molar-refractivity contribution in [2.45, 2.75) is 26.3 Å². The van der Waals surface area contributed by atoms with Gasteiger partial charge in [-0.3, -0.25) is 14.4 Å². The van der Waals surface area contributed by atoms with Gasteiger partial charge >= 0.3 is 5.97 Å². The molecule has 2 amide bonds. The number of hydrogen-bond acceptors (Lipinski definition) is 5. The van der Waals surface area contributed by atoms with Crippen molar-refractivity contribution in [2.24, 2.45) is 5.92 Å². The van der Waals surface area contributed by atoms with Crippen molar-refractivity contribution >= 4 is 40.3 Å². The van der Waals surface area contributed by atoms with E-state index in [0.29, 0.717) is 47.4 Å². The third-order valence-electron chi connectivity index (χ3n) is 6.43. The van der Waals surface area contributed by atoms with E-state index < -0.39 is 5.97 Å². The van der Waals surface area contributed by atoms with Crippen molar-refractivity contribution < 1.29 is 19.1 Å². The molecule has 1 aromatic heterocycles. The lowest BCUT2D eigenvalue weighted by atomic mass is 9.95. The minimum atomic E-state index is -0.720.